The average Bonchev–Trinajstić information content (AvgIpc) is 3.59. The lowest BCUT2D eigenvalue weighted by atomic mass is 9.77. The van der Waals surface area contributed by atoms with Gasteiger partial charge >= 0.3 is 17.9 Å². The molecule has 1 aromatic heterocycles. The summed E-state index contributed by atoms with van der Waals surface area (Å²) in [5, 5.41) is 47.2. The molecule has 4 N–H and O–H groups in total. The SMILES string of the molecule is CC[C@H]1OC(=O)[C@H](C)[C@@H](O[C@H]2C[C@@](C)(OC)[C@@H](OC(=O)CCN3CCN(CC#Cc4ccc5c(c4)c(=O)c(C(=O)O)cn5CC)CC3)[C@H](C)O2)[C@@H]2CO[C@H]([C@@H](C)N(C)C[C@H](C)C[C@@](C)(O)[C@@H]2O[C@@H]2O[C@H](C)C[C@H](N(C)C)[C@H]2O)[C@]1(C)O. The summed E-state index contributed by atoms with van der Waals surface area (Å²) in [6, 6.07) is 4.56. The average molecular weight is 1140 g/mol. The van der Waals surface area contributed by atoms with Crippen LogP contribution in [0.25, 0.3) is 10.9 Å². The number of likely N-dealkylation sites (N-methyl/N-ethyl adjacent to an activating group) is 2. The maximum absolute atomic E-state index is 14.7. The second-order valence-corrected chi connectivity index (χ2v) is 24.6. The molecule has 0 amide bonds. The molecule has 454 valence electrons. The fourth-order valence-electron chi connectivity index (χ4n) is 13.2. The molecule has 0 unspecified atom stereocenters. The van der Waals surface area contributed by atoms with E-state index in [0.29, 0.717) is 68.6 Å². The quantitative estimate of drug-likeness (QED) is 0.156. The monoisotopic (exact) mass is 1140 g/mol. The summed E-state index contributed by atoms with van der Waals surface area (Å²) < 4.78 is 54.4. The molecule has 0 saturated carbocycles. The molecule has 21 heteroatoms. The minimum Gasteiger partial charge on any atom is -0.477 e. The highest BCUT2D eigenvalue weighted by atomic mass is 16.7. The van der Waals surface area contributed by atoms with Gasteiger partial charge in [0, 0.05) is 94.5 Å². The largest absolute Gasteiger partial charge is 0.477 e. The molecule has 5 aliphatic heterocycles. The summed E-state index contributed by atoms with van der Waals surface area (Å²) in [4.78, 5) is 61.6. The third-order valence-electron chi connectivity index (χ3n) is 17.9. The van der Waals surface area contributed by atoms with Crippen LogP contribution in [0, 0.1) is 29.6 Å². The van der Waals surface area contributed by atoms with E-state index in [9.17, 15) is 39.6 Å². The first kappa shape index (κ1) is 64.4. The highest BCUT2D eigenvalue weighted by Crippen LogP contribution is 2.43. The van der Waals surface area contributed by atoms with Gasteiger partial charge in [-0.15, -0.1) is 0 Å². The van der Waals surface area contributed by atoms with E-state index in [4.69, 9.17) is 37.9 Å². The number of esters is 2. The number of hydrogen-bond donors (Lipinski definition) is 4. The number of nitrogens with zero attached hydrogens (tertiary/aromatic N) is 5. The Morgan fingerprint density at radius 3 is 2.27 bits per heavy atom. The number of carboxylic acids is 1. The minimum absolute atomic E-state index is 0.0652. The van der Waals surface area contributed by atoms with Crippen LogP contribution in [0.1, 0.15) is 117 Å². The molecule has 6 heterocycles. The normalized spacial score (nSPS) is 38.0. The molecule has 7 rings (SSSR count). The number of methoxy groups -OCH3 is 1. The smallest absolute Gasteiger partial charge is 0.341 e. The number of pyridine rings is 1. The molecule has 2 bridgehead atoms. The predicted octanol–water partition coefficient (Wildman–Crippen LogP) is 3.56. The van der Waals surface area contributed by atoms with Crippen molar-refractivity contribution in [3.8, 4) is 11.8 Å². The molecule has 18 atom stereocenters. The summed E-state index contributed by atoms with van der Waals surface area (Å²) in [6.45, 7) is 23.0. The third-order valence-corrected chi connectivity index (χ3v) is 17.9. The second kappa shape index (κ2) is 26.9. The highest BCUT2D eigenvalue weighted by Gasteiger charge is 2.56. The van der Waals surface area contributed by atoms with Crippen molar-refractivity contribution in [2.45, 2.75) is 198 Å². The van der Waals surface area contributed by atoms with Crippen molar-refractivity contribution in [3.63, 3.8) is 0 Å². The Morgan fingerprint density at radius 2 is 1.63 bits per heavy atom. The number of aliphatic hydroxyl groups is 3. The first-order valence-electron chi connectivity index (χ1n) is 29.1. The number of aromatic carboxylic acids is 1. The molecule has 5 aliphatic rings. The van der Waals surface area contributed by atoms with Crippen molar-refractivity contribution in [1.82, 2.24) is 24.2 Å². The van der Waals surface area contributed by atoms with Crippen LogP contribution < -0.4 is 5.43 Å². The van der Waals surface area contributed by atoms with E-state index >= 15 is 0 Å². The number of carboxylic acid groups (broad SMARTS) is 1. The fraction of sp³-hybridized carbons (Fsp3) is 0.767. The van der Waals surface area contributed by atoms with E-state index in [2.05, 4.69) is 26.5 Å². The van der Waals surface area contributed by atoms with Crippen molar-refractivity contribution >= 4 is 28.8 Å². The number of carbonyl (C=O) groups is 3. The van der Waals surface area contributed by atoms with Crippen LogP contribution in [0.5, 0.6) is 0 Å². The second-order valence-electron chi connectivity index (χ2n) is 24.6. The van der Waals surface area contributed by atoms with Crippen molar-refractivity contribution in [2.75, 3.05) is 80.7 Å². The highest BCUT2D eigenvalue weighted by molar-refractivity contribution is 5.93. The first-order chi connectivity index (χ1) is 38.1. The number of ether oxygens (including phenoxy) is 8. The van der Waals surface area contributed by atoms with Gasteiger partial charge in [0.15, 0.2) is 18.7 Å². The van der Waals surface area contributed by atoms with Gasteiger partial charge in [0.05, 0.1) is 61.0 Å². The number of aromatic nitrogens is 1. The lowest BCUT2D eigenvalue weighted by molar-refractivity contribution is -0.325. The Hall–Kier alpha value is -4.12. The van der Waals surface area contributed by atoms with E-state index < -0.39 is 107 Å². The molecule has 0 radical (unpaired) electrons. The summed E-state index contributed by atoms with van der Waals surface area (Å²) in [5.41, 5.74) is -3.97. The van der Waals surface area contributed by atoms with Crippen LogP contribution in [0.15, 0.2) is 29.2 Å². The topological polar surface area (TPSA) is 241 Å². The van der Waals surface area contributed by atoms with Gasteiger partial charge in [-0.2, -0.15) is 0 Å². The van der Waals surface area contributed by atoms with Gasteiger partial charge < -0.3 is 77.6 Å². The number of piperazine rings is 1. The summed E-state index contributed by atoms with van der Waals surface area (Å²) >= 11 is 0. The molecular weight excluding hydrogens is 1050 g/mol. The van der Waals surface area contributed by atoms with E-state index in [1.165, 1.54) is 6.20 Å². The molecule has 0 spiro atoms. The Bertz CT molecular complexity index is 2610. The zero-order valence-corrected chi connectivity index (χ0v) is 50.3. The van der Waals surface area contributed by atoms with Gasteiger partial charge in [0.2, 0.25) is 5.43 Å². The Kier molecular flexibility index (Phi) is 21.4. The number of cyclic esters (lactones) is 1. The number of hydrogen-bond acceptors (Lipinski definition) is 19. The number of fused-ring (bicyclic) bond motifs is 4. The first-order valence-corrected chi connectivity index (χ1v) is 29.1. The van der Waals surface area contributed by atoms with Crippen LogP contribution in [0.4, 0.5) is 0 Å². The van der Waals surface area contributed by atoms with Crippen molar-refractivity contribution in [2.24, 2.45) is 17.8 Å². The van der Waals surface area contributed by atoms with Crippen LogP contribution in [0.3, 0.4) is 0 Å². The van der Waals surface area contributed by atoms with Crippen LogP contribution in [0.2, 0.25) is 0 Å². The molecular formula is C60H93N5O16. The van der Waals surface area contributed by atoms with Crippen LogP contribution >= 0.6 is 0 Å². The number of carbonyl (C=O) groups excluding carboxylic acids is 2. The van der Waals surface area contributed by atoms with Gasteiger partial charge in [0.1, 0.15) is 35.1 Å². The van der Waals surface area contributed by atoms with E-state index in [1.54, 1.807) is 51.5 Å². The van der Waals surface area contributed by atoms with Crippen molar-refractivity contribution < 1.29 is 72.7 Å². The zero-order chi connectivity index (χ0) is 59.5. The van der Waals surface area contributed by atoms with Crippen molar-refractivity contribution in [1.29, 1.82) is 0 Å². The Morgan fingerprint density at radius 1 is 0.938 bits per heavy atom. The molecule has 5 saturated heterocycles. The molecule has 5 fully saturated rings. The van der Waals surface area contributed by atoms with E-state index in [1.807, 2.05) is 73.7 Å². The molecule has 81 heavy (non-hydrogen) atoms. The molecule has 2 aromatic rings. The summed E-state index contributed by atoms with van der Waals surface area (Å²) in [6.07, 6.45) is -6.83. The number of benzene rings is 1. The zero-order valence-electron chi connectivity index (χ0n) is 50.3. The van der Waals surface area contributed by atoms with E-state index in [0.717, 1.165) is 13.1 Å². The lowest BCUT2D eigenvalue weighted by Crippen LogP contribution is -2.63. The molecule has 0 aliphatic carbocycles. The van der Waals surface area contributed by atoms with Crippen molar-refractivity contribution in [3.05, 3.63) is 45.7 Å². The minimum atomic E-state index is -1.66. The lowest BCUT2D eigenvalue weighted by Gasteiger charge is -2.50. The number of rotatable bonds is 14. The standard InChI is InChI=1S/C60H93N5O16/c1-15-46-60(10,73)52-38(6)62(13)32-35(3)30-58(8,72)54(81-57-50(68)45(61(11)12)28-36(4)76-57)43(34-75-52)51(37(5)56(71)78-46)80-48-31-59(9,74-14)53(39(7)77-48)79-47(66)21-23-64-26-24-63(25-27-64)22-17-18-40-19-20-44-41(29-40)49(67)42(55(69)70)33-65(44)16-2/h19-20,29,33,35-39,43,45-46,48,50-54,57,68,72-73H,15-16,21-28,30-32,34H2,1-14H3,(H,69,70)/t35-,36-,37-,38-,39+,43+,45+,46-,48+,50-,51-,52-,53+,54-,57+,58-,59-,60-/m1/s1. The Balaban J connectivity index is 1.06. The fourth-order valence-corrected chi connectivity index (χ4v) is 13.2. The summed E-state index contributed by atoms with van der Waals surface area (Å²) in [5.74, 6) is 1.87. The third kappa shape index (κ3) is 14.7. The Labute approximate surface area is 478 Å². The van der Waals surface area contributed by atoms with Gasteiger partial charge in [-0.3, -0.25) is 19.3 Å². The van der Waals surface area contributed by atoms with E-state index in [-0.39, 0.29) is 55.5 Å². The predicted molar refractivity (Wildman–Crippen MR) is 301 cm³/mol. The van der Waals surface area contributed by atoms with Gasteiger partial charge in [-0.1, -0.05) is 25.7 Å². The number of aryl methyl sites for hydroxylation is 1. The van der Waals surface area contributed by atoms with Gasteiger partial charge in [-0.05, 0) is 120 Å². The van der Waals surface area contributed by atoms with Crippen LogP contribution in [-0.4, -0.2) is 233 Å². The van der Waals surface area contributed by atoms with Gasteiger partial charge in [-0.25, -0.2) is 4.79 Å². The summed E-state index contributed by atoms with van der Waals surface area (Å²) in [7, 11) is 7.25. The van der Waals surface area contributed by atoms with Gasteiger partial charge in [0.25, 0.3) is 0 Å². The number of aliphatic hydroxyl groups excluding tert-OH is 1. The molecule has 21 nitrogen and oxygen atoms in total. The molecule has 1 aromatic carbocycles. The van der Waals surface area contributed by atoms with Crippen LogP contribution in [-0.2, 0) is 54.0 Å². The maximum atomic E-state index is 14.7. The maximum Gasteiger partial charge on any atom is 0.341 e.